The molecule has 12 heavy (non-hydrogen) atoms. The van der Waals surface area contributed by atoms with Gasteiger partial charge in [0.15, 0.2) is 0 Å². The molecule has 0 aliphatic rings. The van der Waals surface area contributed by atoms with Crippen LogP contribution in [-0.2, 0) is 32.5 Å². The molecule has 78 valence electrons. The van der Waals surface area contributed by atoms with Crippen molar-refractivity contribution in [2.75, 3.05) is 12.0 Å². The Morgan fingerprint density at radius 3 is 2.42 bits per heavy atom. The van der Waals surface area contributed by atoms with Crippen LogP contribution in [0.2, 0.25) is 0 Å². The summed E-state index contributed by atoms with van der Waals surface area (Å²) in [4.78, 5) is 10.0. The van der Waals surface area contributed by atoms with Gasteiger partial charge in [-0.15, -0.1) is 0 Å². The first-order valence-corrected chi connectivity index (χ1v) is 8.45. The van der Waals surface area contributed by atoms with Crippen molar-refractivity contribution in [3.63, 3.8) is 0 Å². The molecule has 0 bridgehead atoms. The normalized spacial score (nSPS) is 11.7. The molecule has 0 fully saturated rings. The van der Waals surface area contributed by atoms with Crippen LogP contribution in [0.5, 0.6) is 0 Å². The predicted octanol–water partition coefficient (Wildman–Crippen LogP) is 1.70. The van der Waals surface area contributed by atoms with E-state index in [4.69, 9.17) is 29.9 Å². The first kappa shape index (κ1) is 15.5. The second-order valence-electron chi connectivity index (χ2n) is 1.76. The van der Waals surface area contributed by atoms with E-state index in [9.17, 15) is 4.79 Å². The molecule has 1 atom stereocenters. The number of thiol groups is 1. The number of aliphatic carboxylic acids is 1. The molecule has 3 nitrogen and oxygen atoms in total. The minimum absolute atomic E-state index is 0.106. The molecule has 0 aliphatic carbocycles. The summed E-state index contributed by atoms with van der Waals surface area (Å²) in [6.45, 7) is 0. The molecule has 2 N–H and O–H groups in total. The molecule has 0 rings (SSSR count). The second-order valence-corrected chi connectivity index (χ2v) is 5.20. The van der Waals surface area contributed by atoms with Crippen molar-refractivity contribution in [1.82, 2.24) is 0 Å². The number of carboxylic acids is 1. The van der Waals surface area contributed by atoms with Crippen molar-refractivity contribution < 1.29 is 25.8 Å². The average Bonchev–Trinajstić information content (AvgIpc) is 2.01. The number of carboxylic acid groups (broad SMARTS) is 1. The summed E-state index contributed by atoms with van der Waals surface area (Å²) >= 11 is 1.06. The molecule has 1 unspecified atom stereocenters. The van der Waals surface area contributed by atoms with Gasteiger partial charge in [0.1, 0.15) is 5.75 Å². The Bertz CT molecular complexity index is 120. The summed E-state index contributed by atoms with van der Waals surface area (Å²) in [7, 11) is 9.63. The predicted molar refractivity (Wildman–Crippen MR) is 51.6 cm³/mol. The molecule has 0 aromatic carbocycles. The van der Waals surface area contributed by atoms with E-state index in [1.54, 1.807) is 0 Å². The average molecular weight is 327 g/mol. The number of carbonyl (C=O) groups is 1. The van der Waals surface area contributed by atoms with Gasteiger partial charge in [-0.2, -0.15) is 0 Å². The van der Waals surface area contributed by atoms with Crippen molar-refractivity contribution in [1.29, 1.82) is 0 Å². The molecule has 0 saturated heterocycles. The topological polar surface area (TPSA) is 61.1 Å². The molecule has 7 heteroatoms. The van der Waals surface area contributed by atoms with Gasteiger partial charge < -0.3 is 10.8 Å². The molecule has 0 aromatic heterocycles. The summed E-state index contributed by atoms with van der Waals surface area (Å²) in [5.41, 5.74) is 6.93. The van der Waals surface area contributed by atoms with Crippen LogP contribution in [0.1, 0.15) is 6.42 Å². The Morgan fingerprint density at radius 1 is 1.75 bits per heavy atom. The van der Waals surface area contributed by atoms with Crippen LogP contribution in [0.3, 0.4) is 0 Å². The van der Waals surface area contributed by atoms with E-state index in [0.29, 0.717) is 6.42 Å². The molecule has 0 spiro atoms. The van der Waals surface area contributed by atoms with Gasteiger partial charge in [-0.1, -0.05) is 0 Å². The Hall–Kier alpha value is 1.02. The number of hydrogen-bond donors (Lipinski definition) is 1. The Balaban J connectivity index is 0. The third-order valence-corrected chi connectivity index (χ3v) is 1.64. The monoisotopic (exact) mass is 325 g/mol. The fraction of sp³-hybridized carbons (Fsp3) is 0.800. The van der Waals surface area contributed by atoms with Gasteiger partial charge in [-0.05, 0) is 24.2 Å². The van der Waals surface area contributed by atoms with Gasteiger partial charge in [0.25, 0.3) is 5.97 Å². The van der Waals surface area contributed by atoms with Crippen molar-refractivity contribution in [2.45, 2.75) is 12.5 Å². The summed E-state index contributed by atoms with van der Waals surface area (Å²) in [6.07, 6.45) is 2.42. The van der Waals surface area contributed by atoms with E-state index in [1.165, 1.54) is 0 Å². The van der Waals surface area contributed by atoms with Crippen molar-refractivity contribution in [3.8, 4) is 0 Å². The van der Waals surface area contributed by atoms with Crippen LogP contribution in [0.4, 0.5) is 0 Å². The van der Waals surface area contributed by atoms with E-state index in [-0.39, 0.29) is 15.9 Å². The van der Waals surface area contributed by atoms with Crippen LogP contribution in [0.25, 0.3) is 5.73 Å². The van der Waals surface area contributed by atoms with Crippen LogP contribution >= 0.6 is 19.1 Å². The van der Waals surface area contributed by atoms with E-state index in [1.807, 2.05) is 6.26 Å². The summed E-state index contributed by atoms with van der Waals surface area (Å²) in [6, 6.07) is -0.919. The first-order valence-electron chi connectivity index (χ1n) is 2.92. The second kappa shape index (κ2) is 12.0. The Morgan fingerprint density at radius 2 is 2.17 bits per heavy atom. The summed E-state index contributed by atoms with van der Waals surface area (Å²) in [5.74, 6) is -0.209. The summed E-state index contributed by atoms with van der Waals surface area (Å²) in [5, 5.41) is 8.22. The van der Waals surface area contributed by atoms with Crippen molar-refractivity contribution >= 4 is 36.8 Å². The third kappa shape index (κ3) is 13.6. The Labute approximate surface area is 92.5 Å². The number of halogens is 2. The van der Waals surface area contributed by atoms with Gasteiger partial charge in [0, 0.05) is 0 Å². The number of hydrogen-bond acceptors (Lipinski definition) is 1. The van der Waals surface area contributed by atoms with Crippen LogP contribution < -0.4 is 0 Å². The third-order valence-electron chi connectivity index (χ3n) is 0.939. The fourth-order valence-corrected chi connectivity index (χ4v) is 0.898. The van der Waals surface area contributed by atoms with Gasteiger partial charge >= 0.3 is 35.0 Å². The zero-order valence-corrected chi connectivity index (χ0v) is 10.3. The van der Waals surface area contributed by atoms with Crippen LogP contribution in [-0.4, -0.2) is 29.1 Å². The molecular formula is C5H11Cl2NO2PdS. The SMILES string of the molecule is C[SH+]CCC([NH-])C(=O)O.[Cl][Pd][Cl]. The zero-order chi connectivity index (χ0) is 9.98. The quantitative estimate of drug-likeness (QED) is 0.486. The van der Waals surface area contributed by atoms with E-state index >= 15 is 0 Å². The van der Waals surface area contributed by atoms with Gasteiger partial charge in [0.05, 0.1) is 6.26 Å². The maximum atomic E-state index is 10.0. The van der Waals surface area contributed by atoms with Crippen LogP contribution in [0.15, 0.2) is 0 Å². The molecule has 0 aromatic rings. The molecular weight excluding hydrogens is 315 g/mol. The first-order chi connectivity index (χ1) is 5.59. The number of nitrogens with one attached hydrogen (secondary N) is 1. The van der Waals surface area contributed by atoms with E-state index < -0.39 is 12.0 Å². The molecule has 0 aliphatic heterocycles. The van der Waals surface area contributed by atoms with E-state index in [2.05, 4.69) is 0 Å². The molecule has 0 amide bonds. The Kier molecular flexibility index (Phi) is 15.5. The standard InChI is InChI=1S/C5H10NO2S.2ClH.Pd/c1-9-3-2-4(6)5(7)8;;;/h4,6H,2-3H2,1H3,(H,7,8);2*1H;/q-1;;;+2/p-1. The van der Waals surface area contributed by atoms with Crippen molar-refractivity contribution in [3.05, 3.63) is 5.73 Å². The van der Waals surface area contributed by atoms with E-state index in [0.717, 1.165) is 17.5 Å². The minimum atomic E-state index is -1.02. The van der Waals surface area contributed by atoms with Gasteiger partial charge in [-0.3, -0.25) is 4.79 Å². The fourth-order valence-electron chi connectivity index (χ4n) is 0.382. The molecule has 0 radical (unpaired) electrons. The maximum absolute atomic E-state index is 10.0. The van der Waals surface area contributed by atoms with Crippen LogP contribution in [0, 0.1) is 0 Å². The zero-order valence-electron chi connectivity index (χ0n) is 6.37. The summed E-state index contributed by atoms with van der Waals surface area (Å²) < 4.78 is 0. The molecule has 0 saturated carbocycles. The van der Waals surface area contributed by atoms with Crippen molar-refractivity contribution in [2.24, 2.45) is 0 Å². The molecule has 0 heterocycles. The van der Waals surface area contributed by atoms with Gasteiger partial charge in [0.2, 0.25) is 0 Å². The number of rotatable bonds is 4. The van der Waals surface area contributed by atoms with Gasteiger partial charge in [-0.25, -0.2) is 0 Å².